The summed E-state index contributed by atoms with van der Waals surface area (Å²) < 4.78 is 17.5. The lowest BCUT2D eigenvalue weighted by Crippen LogP contribution is -2.50. The number of rotatable bonds is 5. The Morgan fingerprint density at radius 2 is 2.06 bits per heavy atom. The van der Waals surface area contributed by atoms with E-state index < -0.39 is 5.54 Å². The van der Waals surface area contributed by atoms with E-state index in [9.17, 15) is 9.18 Å². The van der Waals surface area contributed by atoms with Crippen molar-refractivity contribution in [2.75, 3.05) is 19.9 Å². The quantitative estimate of drug-likeness (QED) is 0.647. The second kappa shape index (κ2) is 6.02. The van der Waals surface area contributed by atoms with Gasteiger partial charge in [-0.2, -0.15) is 0 Å². The van der Waals surface area contributed by atoms with E-state index in [1.807, 2.05) is 0 Å². The molecule has 0 saturated heterocycles. The maximum absolute atomic E-state index is 12.7. The van der Waals surface area contributed by atoms with Crippen molar-refractivity contribution in [1.82, 2.24) is 5.32 Å². The Hall–Kier alpha value is -1.07. The van der Waals surface area contributed by atoms with Crippen molar-refractivity contribution in [3.8, 4) is 0 Å². The third kappa shape index (κ3) is 3.71. The molecule has 0 aromatic heterocycles. The second-order valence-electron chi connectivity index (χ2n) is 3.82. The lowest BCUT2D eigenvalue weighted by atomic mass is 10.1. The van der Waals surface area contributed by atoms with E-state index in [4.69, 9.17) is 4.74 Å². The standard InChI is InChI=1S/C12H16FNO2S/c1-12(14-2,11(15)16-3)8-17-10-6-4-9(13)5-7-10/h4-7,14H,8H2,1-3H3. The number of carbonyl (C=O) groups excluding carboxylic acids is 1. The summed E-state index contributed by atoms with van der Waals surface area (Å²) in [6.07, 6.45) is 0. The Kier molecular flexibility index (Phi) is 4.96. The first-order valence-corrected chi connectivity index (χ1v) is 6.16. The van der Waals surface area contributed by atoms with Gasteiger partial charge in [0.1, 0.15) is 11.4 Å². The Balaban J connectivity index is 2.65. The molecule has 3 nitrogen and oxygen atoms in total. The molecule has 1 atom stereocenters. The largest absolute Gasteiger partial charge is 0.468 e. The van der Waals surface area contributed by atoms with Gasteiger partial charge in [0.05, 0.1) is 7.11 Å². The summed E-state index contributed by atoms with van der Waals surface area (Å²) in [6.45, 7) is 1.77. The van der Waals surface area contributed by atoms with Crippen molar-refractivity contribution in [2.24, 2.45) is 0 Å². The Morgan fingerprint density at radius 3 is 2.53 bits per heavy atom. The molecule has 1 aromatic carbocycles. The van der Waals surface area contributed by atoms with Gasteiger partial charge in [-0.05, 0) is 38.2 Å². The first kappa shape index (κ1) is 14.0. The van der Waals surface area contributed by atoms with Crippen LogP contribution in [0.4, 0.5) is 4.39 Å². The van der Waals surface area contributed by atoms with Crippen molar-refractivity contribution in [2.45, 2.75) is 17.4 Å². The van der Waals surface area contributed by atoms with Gasteiger partial charge >= 0.3 is 5.97 Å². The highest BCUT2D eigenvalue weighted by molar-refractivity contribution is 7.99. The Labute approximate surface area is 105 Å². The molecule has 0 saturated carbocycles. The van der Waals surface area contributed by atoms with Crippen LogP contribution in [-0.4, -0.2) is 31.4 Å². The van der Waals surface area contributed by atoms with Gasteiger partial charge in [-0.3, -0.25) is 4.79 Å². The molecule has 0 spiro atoms. The first-order chi connectivity index (χ1) is 8.01. The van der Waals surface area contributed by atoms with Gasteiger partial charge in [-0.25, -0.2) is 4.39 Å². The summed E-state index contributed by atoms with van der Waals surface area (Å²) >= 11 is 1.47. The highest BCUT2D eigenvalue weighted by Crippen LogP contribution is 2.23. The van der Waals surface area contributed by atoms with E-state index in [1.54, 1.807) is 26.1 Å². The lowest BCUT2D eigenvalue weighted by molar-refractivity contribution is -0.146. The summed E-state index contributed by atoms with van der Waals surface area (Å²) in [4.78, 5) is 12.5. The van der Waals surface area contributed by atoms with E-state index >= 15 is 0 Å². The van der Waals surface area contributed by atoms with Gasteiger partial charge in [0.15, 0.2) is 0 Å². The van der Waals surface area contributed by atoms with Crippen molar-refractivity contribution in [3.05, 3.63) is 30.1 Å². The zero-order valence-electron chi connectivity index (χ0n) is 10.1. The molecule has 0 heterocycles. The SMILES string of the molecule is CNC(C)(CSc1ccc(F)cc1)C(=O)OC. The molecule has 94 valence electrons. The second-order valence-corrected chi connectivity index (χ2v) is 4.87. The number of hydrogen-bond donors (Lipinski definition) is 1. The van der Waals surface area contributed by atoms with Crippen LogP contribution in [0.15, 0.2) is 29.2 Å². The molecule has 0 aliphatic rings. The topological polar surface area (TPSA) is 38.3 Å². The summed E-state index contributed by atoms with van der Waals surface area (Å²) in [5.41, 5.74) is -0.742. The molecule has 1 rings (SSSR count). The van der Waals surface area contributed by atoms with Gasteiger partial charge in [-0.1, -0.05) is 0 Å². The van der Waals surface area contributed by atoms with E-state index in [0.717, 1.165) is 4.90 Å². The van der Waals surface area contributed by atoms with Crippen LogP contribution in [0, 0.1) is 5.82 Å². The third-order valence-corrected chi connectivity index (χ3v) is 3.86. The van der Waals surface area contributed by atoms with Gasteiger partial charge in [0, 0.05) is 10.6 Å². The van der Waals surface area contributed by atoms with E-state index in [2.05, 4.69) is 5.32 Å². The smallest absolute Gasteiger partial charge is 0.326 e. The molecular weight excluding hydrogens is 241 g/mol. The van der Waals surface area contributed by atoms with Crippen LogP contribution in [0.2, 0.25) is 0 Å². The number of thioether (sulfide) groups is 1. The summed E-state index contributed by atoms with van der Waals surface area (Å²) in [6, 6.07) is 6.18. The van der Waals surface area contributed by atoms with Crippen molar-refractivity contribution < 1.29 is 13.9 Å². The van der Waals surface area contributed by atoms with Crippen LogP contribution in [0.25, 0.3) is 0 Å². The minimum absolute atomic E-state index is 0.265. The average molecular weight is 257 g/mol. The van der Waals surface area contributed by atoms with Crippen LogP contribution in [0.1, 0.15) is 6.92 Å². The zero-order chi connectivity index (χ0) is 12.9. The fourth-order valence-corrected chi connectivity index (χ4v) is 2.26. The molecule has 0 amide bonds. The highest BCUT2D eigenvalue weighted by atomic mass is 32.2. The predicted molar refractivity (Wildman–Crippen MR) is 66.6 cm³/mol. The van der Waals surface area contributed by atoms with Crippen molar-refractivity contribution in [3.63, 3.8) is 0 Å². The third-order valence-electron chi connectivity index (χ3n) is 2.53. The summed E-state index contributed by atoms with van der Waals surface area (Å²) in [5, 5.41) is 2.94. The van der Waals surface area contributed by atoms with Gasteiger partial charge in [0.25, 0.3) is 0 Å². The van der Waals surface area contributed by atoms with E-state index in [1.165, 1.54) is 31.0 Å². The molecule has 1 N–H and O–H groups in total. The van der Waals surface area contributed by atoms with Crippen LogP contribution in [0.5, 0.6) is 0 Å². The molecule has 0 aliphatic heterocycles. The Bertz CT molecular complexity index is 383. The predicted octanol–water partition coefficient (Wildman–Crippen LogP) is 2.07. The minimum Gasteiger partial charge on any atom is -0.468 e. The molecule has 17 heavy (non-hydrogen) atoms. The van der Waals surface area contributed by atoms with Crippen molar-refractivity contribution >= 4 is 17.7 Å². The fourth-order valence-electron chi connectivity index (χ4n) is 1.22. The summed E-state index contributed by atoms with van der Waals surface area (Å²) in [7, 11) is 3.07. The molecular formula is C12H16FNO2S. The van der Waals surface area contributed by atoms with Gasteiger partial charge in [-0.15, -0.1) is 11.8 Å². The molecule has 5 heteroatoms. The lowest BCUT2D eigenvalue weighted by Gasteiger charge is -2.25. The number of benzene rings is 1. The number of methoxy groups -OCH3 is 1. The first-order valence-electron chi connectivity index (χ1n) is 5.17. The van der Waals surface area contributed by atoms with E-state index in [-0.39, 0.29) is 11.8 Å². The minimum atomic E-state index is -0.742. The number of esters is 1. The van der Waals surface area contributed by atoms with Crippen LogP contribution in [-0.2, 0) is 9.53 Å². The molecule has 0 bridgehead atoms. The van der Waals surface area contributed by atoms with Crippen molar-refractivity contribution in [1.29, 1.82) is 0 Å². The number of hydrogen-bond acceptors (Lipinski definition) is 4. The zero-order valence-corrected chi connectivity index (χ0v) is 10.9. The molecule has 0 fully saturated rings. The molecule has 1 aromatic rings. The van der Waals surface area contributed by atoms with Crippen LogP contribution < -0.4 is 5.32 Å². The number of carbonyl (C=O) groups is 1. The van der Waals surface area contributed by atoms with Gasteiger partial charge < -0.3 is 10.1 Å². The summed E-state index contributed by atoms with van der Waals surface area (Å²) in [5.74, 6) is -0.0600. The monoisotopic (exact) mass is 257 g/mol. The fraction of sp³-hybridized carbons (Fsp3) is 0.417. The van der Waals surface area contributed by atoms with E-state index in [0.29, 0.717) is 5.75 Å². The van der Waals surface area contributed by atoms with Crippen LogP contribution in [0.3, 0.4) is 0 Å². The normalized spacial score (nSPS) is 14.1. The molecule has 0 radical (unpaired) electrons. The highest BCUT2D eigenvalue weighted by Gasteiger charge is 2.32. The number of nitrogens with one attached hydrogen (secondary N) is 1. The van der Waals surface area contributed by atoms with Gasteiger partial charge in [0.2, 0.25) is 0 Å². The number of likely N-dealkylation sites (N-methyl/N-ethyl adjacent to an activating group) is 1. The molecule has 0 aliphatic carbocycles. The number of halogens is 1. The number of ether oxygens (including phenoxy) is 1. The van der Waals surface area contributed by atoms with Crippen LogP contribution >= 0.6 is 11.8 Å². The average Bonchev–Trinajstić information content (AvgIpc) is 2.36. The molecule has 1 unspecified atom stereocenters. The maximum Gasteiger partial charge on any atom is 0.326 e. The Morgan fingerprint density at radius 1 is 1.47 bits per heavy atom. The maximum atomic E-state index is 12.7.